The lowest BCUT2D eigenvalue weighted by atomic mass is 9.82. The van der Waals surface area contributed by atoms with Crippen LogP contribution >= 0.6 is 0 Å². The zero-order valence-electron chi connectivity index (χ0n) is 19.0. The fourth-order valence-electron chi connectivity index (χ4n) is 4.28. The van der Waals surface area contributed by atoms with Crippen molar-refractivity contribution in [3.8, 4) is 28.6 Å². The Kier molecular flexibility index (Phi) is 5.20. The number of Topliss-reactive ketones (excluding diaryl/α,β-unsaturated/α-hetero) is 1. The van der Waals surface area contributed by atoms with Crippen LogP contribution in [-0.2, 0) is 6.42 Å². The van der Waals surface area contributed by atoms with Crippen molar-refractivity contribution < 1.29 is 19.0 Å². The SMILES string of the molecule is COc1cc([C@H]2CC(=O)c3cn4nc(-c5ccc(C)cc5)nc4nc3C2)cc(OC)c1OC. The van der Waals surface area contributed by atoms with E-state index in [-0.39, 0.29) is 11.7 Å². The molecule has 0 unspecified atom stereocenters. The number of rotatable bonds is 5. The number of hydrogen-bond acceptors (Lipinski definition) is 7. The van der Waals surface area contributed by atoms with Crippen LogP contribution in [0.2, 0.25) is 0 Å². The smallest absolute Gasteiger partial charge is 0.252 e. The van der Waals surface area contributed by atoms with Crippen LogP contribution in [-0.4, -0.2) is 46.7 Å². The molecule has 33 heavy (non-hydrogen) atoms. The molecule has 5 rings (SSSR count). The van der Waals surface area contributed by atoms with Crippen molar-refractivity contribution in [2.45, 2.75) is 25.7 Å². The summed E-state index contributed by atoms with van der Waals surface area (Å²) in [7, 11) is 4.73. The van der Waals surface area contributed by atoms with E-state index in [1.807, 2.05) is 43.3 Å². The fraction of sp³-hybridized carbons (Fsp3) is 0.280. The second-order valence-electron chi connectivity index (χ2n) is 8.13. The molecule has 0 saturated carbocycles. The van der Waals surface area contributed by atoms with Gasteiger partial charge >= 0.3 is 0 Å². The highest BCUT2D eigenvalue weighted by atomic mass is 16.5. The maximum absolute atomic E-state index is 13.1. The molecular formula is C25H24N4O4. The molecule has 0 aliphatic heterocycles. The highest BCUT2D eigenvalue weighted by Gasteiger charge is 2.30. The van der Waals surface area contributed by atoms with Gasteiger partial charge in [-0.25, -0.2) is 9.50 Å². The van der Waals surface area contributed by atoms with Gasteiger partial charge in [0.15, 0.2) is 23.1 Å². The van der Waals surface area contributed by atoms with Crippen molar-refractivity contribution >= 4 is 11.6 Å². The molecule has 0 fully saturated rings. The molecule has 8 heteroatoms. The van der Waals surface area contributed by atoms with E-state index < -0.39 is 0 Å². The van der Waals surface area contributed by atoms with Gasteiger partial charge in [-0.15, -0.1) is 5.10 Å². The van der Waals surface area contributed by atoms with Crippen molar-refractivity contribution in [1.82, 2.24) is 19.6 Å². The third-order valence-corrected chi connectivity index (χ3v) is 6.05. The first-order valence-electron chi connectivity index (χ1n) is 10.7. The predicted molar refractivity (Wildman–Crippen MR) is 122 cm³/mol. The summed E-state index contributed by atoms with van der Waals surface area (Å²) < 4.78 is 18.0. The Morgan fingerprint density at radius 1 is 0.939 bits per heavy atom. The molecule has 8 nitrogen and oxygen atoms in total. The van der Waals surface area contributed by atoms with E-state index in [9.17, 15) is 4.79 Å². The van der Waals surface area contributed by atoms with E-state index in [2.05, 4.69) is 10.1 Å². The van der Waals surface area contributed by atoms with E-state index in [0.717, 1.165) is 16.8 Å². The van der Waals surface area contributed by atoms with Crippen LogP contribution in [0, 0.1) is 6.92 Å². The predicted octanol–water partition coefficient (Wildman–Crippen LogP) is 4.04. The number of benzene rings is 2. The third-order valence-electron chi connectivity index (χ3n) is 6.05. The van der Waals surface area contributed by atoms with E-state index in [1.165, 1.54) is 5.56 Å². The number of aryl methyl sites for hydroxylation is 1. The van der Waals surface area contributed by atoms with Gasteiger partial charge in [0.25, 0.3) is 5.78 Å². The van der Waals surface area contributed by atoms with E-state index in [0.29, 0.717) is 47.3 Å². The molecule has 4 aromatic rings. The Hall–Kier alpha value is -3.94. The summed E-state index contributed by atoms with van der Waals surface area (Å²) in [6, 6.07) is 11.8. The highest BCUT2D eigenvalue weighted by molar-refractivity contribution is 5.98. The highest BCUT2D eigenvalue weighted by Crippen LogP contribution is 2.42. The zero-order valence-corrected chi connectivity index (χ0v) is 19.0. The summed E-state index contributed by atoms with van der Waals surface area (Å²) in [5, 5.41) is 4.54. The first-order valence-corrected chi connectivity index (χ1v) is 10.7. The Morgan fingerprint density at radius 3 is 2.27 bits per heavy atom. The van der Waals surface area contributed by atoms with Crippen LogP contribution in [0.25, 0.3) is 17.2 Å². The standard InChI is InChI=1S/C25H24N4O4/c1-14-5-7-15(8-6-14)24-27-25-26-19-9-16(10-20(30)18(19)13-29(25)28-24)17-11-21(31-2)23(33-4)22(12-17)32-3/h5-8,11-13,16H,9-10H2,1-4H3/t16-/m1/s1. The molecule has 0 saturated heterocycles. The number of nitrogens with zero attached hydrogens (tertiary/aromatic N) is 4. The number of fused-ring (bicyclic) bond motifs is 2. The first-order chi connectivity index (χ1) is 16.0. The Bertz CT molecular complexity index is 1340. The number of methoxy groups -OCH3 is 3. The minimum absolute atomic E-state index is 0.0248. The Balaban J connectivity index is 1.53. The molecule has 0 bridgehead atoms. The molecule has 0 amide bonds. The molecule has 1 aliphatic rings. The van der Waals surface area contributed by atoms with Gasteiger partial charge in [0, 0.05) is 18.2 Å². The lowest BCUT2D eigenvalue weighted by Gasteiger charge is -2.24. The van der Waals surface area contributed by atoms with Gasteiger partial charge in [0.1, 0.15) is 0 Å². The third kappa shape index (κ3) is 3.67. The second-order valence-corrected chi connectivity index (χ2v) is 8.13. The molecule has 1 atom stereocenters. The molecular weight excluding hydrogens is 420 g/mol. The van der Waals surface area contributed by atoms with E-state index in [1.54, 1.807) is 32.0 Å². The topological polar surface area (TPSA) is 87.8 Å². The van der Waals surface area contributed by atoms with Crippen molar-refractivity contribution in [2.24, 2.45) is 0 Å². The lowest BCUT2D eigenvalue weighted by molar-refractivity contribution is 0.0962. The number of ketones is 1. The molecule has 0 N–H and O–H groups in total. The van der Waals surface area contributed by atoms with Crippen LogP contribution < -0.4 is 14.2 Å². The van der Waals surface area contributed by atoms with Gasteiger partial charge in [0.05, 0.1) is 32.6 Å². The monoisotopic (exact) mass is 444 g/mol. The van der Waals surface area contributed by atoms with Crippen LogP contribution in [0.4, 0.5) is 0 Å². The van der Waals surface area contributed by atoms with Crippen molar-refractivity contribution in [1.29, 1.82) is 0 Å². The normalized spacial score (nSPS) is 15.4. The summed E-state index contributed by atoms with van der Waals surface area (Å²) in [6.07, 6.45) is 2.71. The number of ether oxygens (including phenoxy) is 3. The molecule has 2 heterocycles. The average Bonchev–Trinajstić information content (AvgIpc) is 3.25. The maximum Gasteiger partial charge on any atom is 0.252 e. The second kappa shape index (κ2) is 8.20. The molecule has 0 radical (unpaired) electrons. The number of hydrogen-bond donors (Lipinski definition) is 0. The quantitative estimate of drug-likeness (QED) is 0.459. The van der Waals surface area contributed by atoms with Crippen LogP contribution in [0.1, 0.15) is 39.5 Å². The first kappa shape index (κ1) is 20.9. The van der Waals surface area contributed by atoms with Crippen LogP contribution in [0.3, 0.4) is 0 Å². The largest absolute Gasteiger partial charge is 0.493 e. The molecule has 1 aliphatic carbocycles. The Morgan fingerprint density at radius 2 is 1.64 bits per heavy atom. The maximum atomic E-state index is 13.1. The number of carbonyl (C=O) groups excluding carboxylic acids is 1. The Labute approximate surface area is 191 Å². The van der Waals surface area contributed by atoms with Crippen molar-refractivity contribution in [2.75, 3.05) is 21.3 Å². The zero-order chi connectivity index (χ0) is 23.1. The van der Waals surface area contributed by atoms with E-state index in [4.69, 9.17) is 19.2 Å². The van der Waals surface area contributed by atoms with Gasteiger partial charge in [-0.3, -0.25) is 4.79 Å². The molecule has 168 valence electrons. The van der Waals surface area contributed by atoms with Crippen molar-refractivity contribution in [3.05, 3.63) is 65.0 Å². The van der Waals surface area contributed by atoms with Gasteiger partial charge in [-0.2, -0.15) is 4.98 Å². The average molecular weight is 444 g/mol. The minimum Gasteiger partial charge on any atom is -0.493 e. The summed E-state index contributed by atoms with van der Waals surface area (Å²) in [4.78, 5) is 22.4. The fourth-order valence-corrected chi connectivity index (χ4v) is 4.28. The van der Waals surface area contributed by atoms with Gasteiger partial charge in [-0.1, -0.05) is 29.8 Å². The summed E-state index contributed by atoms with van der Waals surface area (Å²) in [6.45, 7) is 2.03. The van der Waals surface area contributed by atoms with Gasteiger partial charge in [-0.05, 0) is 37.0 Å². The lowest BCUT2D eigenvalue weighted by Crippen LogP contribution is -2.21. The summed E-state index contributed by atoms with van der Waals surface area (Å²) in [5.74, 6) is 2.67. The summed E-state index contributed by atoms with van der Waals surface area (Å²) in [5.41, 5.74) is 4.32. The van der Waals surface area contributed by atoms with Crippen LogP contribution in [0.5, 0.6) is 17.2 Å². The summed E-state index contributed by atoms with van der Waals surface area (Å²) >= 11 is 0. The minimum atomic E-state index is -0.0619. The van der Waals surface area contributed by atoms with Gasteiger partial charge < -0.3 is 14.2 Å². The van der Waals surface area contributed by atoms with Crippen molar-refractivity contribution in [3.63, 3.8) is 0 Å². The van der Waals surface area contributed by atoms with Gasteiger partial charge in [0.2, 0.25) is 5.75 Å². The van der Waals surface area contributed by atoms with Crippen LogP contribution in [0.15, 0.2) is 42.6 Å². The number of carbonyl (C=O) groups is 1. The molecule has 2 aromatic carbocycles. The molecule has 2 aromatic heterocycles. The number of aromatic nitrogens is 4. The molecule has 0 spiro atoms. The van der Waals surface area contributed by atoms with E-state index >= 15 is 0 Å².